The van der Waals surface area contributed by atoms with Gasteiger partial charge in [-0.25, -0.2) is 4.57 Å². The number of hydrogen-bond acceptors (Lipinski definition) is 6. The van der Waals surface area contributed by atoms with Crippen molar-refractivity contribution in [3.8, 4) is 0 Å². The third-order valence-electron chi connectivity index (χ3n) is 10.8. The number of phosphoric ester groups is 1. The molecule has 0 rings (SSSR count). The van der Waals surface area contributed by atoms with Crippen LogP contribution in [0, 0.1) is 0 Å². The topological polar surface area (TPSA) is 131 Å². The summed E-state index contributed by atoms with van der Waals surface area (Å²) in [5.41, 5.74) is 5.39. The van der Waals surface area contributed by atoms with Gasteiger partial charge in [0.05, 0.1) is 25.4 Å². The summed E-state index contributed by atoms with van der Waals surface area (Å²) in [7, 11) is -4.35. The average molecular weight is 863 g/mol. The van der Waals surface area contributed by atoms with E-state index in [1.807, 2.05) is 6.08 Å². The Bertz CT molecular complexity index is 1120. The third-order valence-corrected chi connectivity index (χ3v) is 11.8. The molecular weight excluding hydrogens is 768 g/mol. The molecule has 0 heterocycles. The van der Waals surface area contributed by atoms with E-state index in [-0.39, 0.29) is 25.7 Å². The summed E-state index contributed by atoms with van der Waals surface area (Å²) >= 11 is 0. The molecule has 0 spiro atoms. The van der Waals surface area contributed by atoms with Gasteiger partial charge >= 0.3 is 7.82 Å². The predicted octanol–water partition coefficient (Wildman–Crippen LogP) is 14.6. The SMILES string of the molecule is CC/C=C\C/C=C\C/C=C\C/C=C\CCCCCCCCCCC(=O)NC(COP(=O)(O)OCCN)C(O)/C=C/CCCCCCCCCCCCCCCCCCCC. The first-order valence-corrected chi connectivity index (χ1v) is 26.4. The van der Waals surface area contributed by atoms with Gasteiger partial charge in [0.15, 0.2) is 0 Å². The van der Waals surface area contributed by atoms with Crippen molar-refractivity contribution < 1.29 is 28.4 Å². The number of unbranched alkanes of at least 4 members (excludes halogenated alkanes) is 26. The first kappa shape index (κ1) is 58.2. The second-order valence-electron chi connectivity index (χ2n) is 16.6. The normalized spacial score (nSPS) is 14.4. The molecule has 5 N–H and O–H groups in total. The van der Waals surface area contributed by atoms with Crippen molar-refractivity contribution in [2.24, 2.45) is 5.73 Å². The molecule has 0 saturated heterocycles. The van der Waals surface area contributed by atoms with Gasteiger partial charge in [-0.3, -0.25) is 13.8 Å². The van der Waals surface area contributed by atoms with Crippen LogP contribution in [0.2, 0.25) is 0 Å². The minimum Gasteiger partial charge on any atom is -0.387 e. The van der Waals surface area contributed by atoms with E-state index in [9.17, 15) is 19.4 Å². The third kappa shape index (κ3) is 44.3. The maximum atomic E-state index is 12.8. The van der Waals surface area contributed by atoms with E-state index >= 15 is 0 Å². The lowest BCUT2D eigenvalue weighted by molar-refractivity contribution is -0.123. The van der Waals surface area contributed by atoms with Gasteiger partial charge < -0.3 is 21.1 Å². The molecular formula is C51H95N2O6P. The van der Waals surface area contributed by atoms with Crippen LogP contribution in [0.15, 0.2) is 60.8 Å². The number of aliphatic hydroxyl groups excluding tert-OH is 1. The number of amides is 1. The summed E-state index contributed by atoms with van der Waals surface area (Å²) in [5.74, 6) is -0.203. The second kappa shape index (κ2) is 46.7. The monoisotopic (exact) mass is 863 g/mol. The van der Waals surface area contributed by atoms with Crippen LogP contribution in [0.25, 0.3) is 0 Å². The van der Waals surface area contributed by atoms with E-state index in [4.69, 9.17) is 14.8 Å². The largest absolute Gasteiger partial charge is 0.472 e. The van der Waals surface area contributed by atoms with E-state index in [0.717, 1.165) is 70.6 Å². The van der Waals surface area contributed by atoms with E-state index in [0.29, 0.717) is 6.42 Å². The average Bonchev–Trinajstić information content (AvgIpc) is 3.24. The van der Waals surface area contributed by atoms with Gasteiger partial charge in [0, 0.05) is 13.0 Å². The highest BCUT2D eigenvalue weighted by Crippen LogP contribution is 2.43. The molecule has 0 aliphatic rings. The Kier molecular flexibility index (Phi) is 45.3. The van der Waals surface area contributed by atoms with Gasteiger partial charge in [-0.1, -0.05) is 222 Å². The van der Waals surface area contributed by atoms with Gasteiger partial charge in [-0.2, -0.15) is 0 Å². The molecule has 0 aromatic rings. The van der Waals surface area contributed by atoms with Crippen LogP contribution in [-0.2, 0) is 18.4 Å². The van der Waals surface area contributed by atoms with Gasteiger partial charge in [-0.05, 0) is 57.8 Å². The zero-order valence-electron chi connectivity index (χ0n) is 38.9. The summed E-state index contributed by atoms with van der Waals surface area (Å²) in [4.78, 5) is 22.8. The fraction of sp³-hybridized carbons (Fsp3) is 0.784. The number of carbonyl (C=O) groups excluding carboxylic acids is 1. The molecule has 0 aromatic carbocycles. The minimum absolute atomic E-state index is 0.0750. The Balaban J connectivity index is 4.15. The van der Waals surface area contributed by atoms with E-state index in [2.05, 4.69) is 67.8 Å². The van der Waals surface area contributed by atoms with Crippen LogP contribution in [0.3, 0.4) is 0 Å². The summed E-state index contributed by atoms with van der Waals surface area (Å²) < 4.78 is 22.2. The van der Waals surface area contributed by atoms with Crippen molar-refractivity contribution in [2.45, 2.75) is 238 Å². The lowest BCUT2D eigenvalue weighted by Gasteiger charge is -2.23. The number of hydrogen-bond donors (Lipinski definition) is 4. The van der Waals surface area contributed by atoms with Crippen molar-refractivity contribution in [1.82, 2.24) is 5.32 Å². The first-order chi connectivity index (χ1) is 29.4. The Morgan fingerprint density at radius 2 is 0.967 bits per heavy atom. The summed E-state index contributed by atoms with van der Waals surface area (Å²) in [6, 6.07) is -0.868. The number of phosphoric acid groups is 1. The fourth-order valence-electron chi connectivity index (χ4n) is 7.12. The van der Waals surface area contributed by atoms with Crippen molar-refractivity contribution in [3.63, 3.8) is 0 Å². The molecule has 0 aromatic heterocycles. The lowest BCUT2D eigenvalue weighted by atomic mass is 10.0. The number of nitrogens with two attached hydrogens (primary N) is 1. The molecule has 60 heavy (non-hydrogen) atoms. The second-order valence-corrected chi connectivity index (χ2v) is 18.1. The molecule has 350 valence electrons. The Labute approximate surface area is 370 Å². The fourth-order valence-corrected chi connectivity index (χ4v) is 7.88. The molecule has 3 atom stereocenters. The number of nitrogens with one attached hydrogen (secondary N) is 1. The van der Waals surface area contributed by atoms with Gasteiger partial charge in [-0.15, -0.1) is 0 Å². The zero-order chi connectivity index (χ0) is 43.9. The molecule has 0 bridgehead atoms. The van der Waals surface area contributed by atoms with Crippen molar-refractivity contribution in [2.75, 3.05) is 19.8 Å². The highest BCUT2D eigenvalue weighted by Gasteiger charge is 2.26. The van der Waals surface area contributed by atoms with Crippen molar-refractivity contribution in [1.29, 1.82) is 0 Å². The molecule has 0 radical (unpaired) electrons. The van der Waals surface area contributed by atoms with Crippen molar-refractivity contribution in [3.05, 3.63) is 60.8 Å². The standard InChI is InChI=1S/C51H95N2O6P/c1-3-5-7-9-11-13-15-17-19-21-23-25-27-29-31-33-35-37-39-41-43-45-51(55)53-49(48-59-60(56,57)58-47-46-52)50(54)44-42-40-38-36-34-32-30-28-26-24-22-20-18-16-14-12-10-8-6-4-2/h5,7,11,13,17,19,23,25,42,44,49-50,54H,3-4,6,8-10,12,14-16,18,20-22,24,26-41,43,45-48,52H2,1-2H3,(H,53,55)(H,56,57)/b7-5-,13-11-,19-17-,25-23-,44-42+. The molecule has 1 amide bonds. The van der Waals surface area contributed by atoms with E-state index in [1.165, 1.54) is 135 Å². The lowest BCUT2D eigenvalue weighted by Crippen LogP contribution is -2.45. The van der Waals surface area contributed by atoms with Crippen LogP contribution in [-0.4, -0.2) is 47.8 Å². The Morgan fingerprint density at radius 1 is 0.567 bits per heavy atom. The highest BCUT2D eigenvalue weighted by atomic mass is 31.2. The van der Waals surface area contributed by atoms with E-state index < -0.39 is 20.0 Å². The summed E-state index contributed by atoms with van der Waals surface area (Å²) in [6.07, 6.45) is 59.9. The van der Waals surface area contributed by atoms with Crippen LogP contribution in [0.4, 0.5) is 0 Å². The smallest absolute Gasteiger partial charge is 0.387 e. The predicted molar refractivity (Wildman–Crippen MR) is 258 cm³/mol. The minimum atomic E-state index is -4.35. The van der Waals surface area contributed by atoms with Crippen LogP contribution >= 0.6 is 7.82 Å². The highest BCUT2D eigenvalue weighted by molar-refractivity contribution is 7.47. The van der Waals surface area contributed by atoms with Crippen LogP contribution in [0.5, 0.6) is 0 Å². The van der Waals surface area contributed by atoms with Gasteiger partial charge in [0.25, 0.3) is 0 Å². The maximum Gasteiger partial charge on any atom is 0.472 e. The first-order valence-electron chi connectivity index (χ1n) is 24.9. The van der Waals surface area contributed by atoms with Crippen molar-refractivity contribution >= 4 is 13.7 Å². The molecule has 0 saturated carbocycles. The Morgan fingerprint density at radius 3 is 1.42 bits per heavy atom. The Hall–Kier alpha value is -1.80. The molecule has 0 aliphatic heterocycles. The number of carbonyl (C=O) groups is 1. The quantitative estimate of drug-likeness (QED) is 0.0272. The van der Waals surface area contributed by atoms with Gasteiger partial charge in [0.1, 0.15) is 0 Å². The summed E-state index contributed by atoms with van der Waals surface area (Å²) in [6.45, 7) is 4.03. The molecule has 0 fully saturated rings. The zero-order valence-corrected chi connectivity index (χ0v) is 39.8. The molecule has 8 nitrogen and oxygen atoms in total. The van der Waals surface area contributed by atoms with E-state index in [1.54, 1.807) is 6.08 Å². The molecule has 9 heteroatoms. The molecule has 3 unspecified atom stereocenters. The maximum absolute atomic E-state index is 12.8. The number of aliphatic hydroxyl groups is 1. The number of rotatable bonds is 46. The molecule has 0 aliphatic carbocycles. The van der Waals surface area contributed by atoms with Crippen LogP contribution < -0.4 is 11.1 Å². The number of allylic oxidation sites excluding steroid dienone is 9. The summed E-state index contributed by atoms with van der Waals surface area (Å²) in [5, 5.41) is 13.7. The van der Waals surface area contributed by atoms with Crippen LogP contribution in [0.1, 0.15) is 226 Å². The van der Waals surface area contributed by atoms with Gasteiger partial charge in [0.2, 0.25) is 5.91 Å².